The zero-order valence-corrected chi connectivity index (χ0v) is 12.6. The fourth-order valence-electron chi connectivity index (χ4n) is 1.86. The number of carboxylic acid groups (broad SMARTS) is 1. The number of aliphatic carboxylic acids is 1. The molecule has 1 atom stereocenters. The van der Waals surface area contributed by atoms with E-state index in [1.54, 1.807) is 24.3 Å². The Morgan fingerprint density at radius 3 is 2.52 bits per heavy atom. The summed E-state index contributed by atoms with van der Waals surface area (Å²) in [6.45, 7) is 4.57. The Labute approximate surface area is 125 Å². The number of rotatable bonds is 9. The molecule has 0 spiro atoms. The van der Waals surface area contributed by atoms with E-state index in [2.05, 4.69) is 5.32 Å². The largest absolute Gasteiger partial charge is 0.494 e. The third-order valence-electron chi connectivity index (χ3n) is 2.99. The lowest BCUT2D eigenvalue weighted by molar-refractivity contribution is -0.137. The molecule has 0 aliphatic heterocycles. The summed E-state index contributed by atoms with van der Waals surface area (Å²) in [5.41, 5.74) is 0.573. The van der Waals surface area contributed by atoms with Crippen LogP contribution in [0.1, 0.15) is 49.9 Å². The smallest absolute Gasteiger partial charge is 0.303 e. The Balaban J connectivity index is 2.42. The molecule has 116 valence electrons. The Kier molecular flexibility index (Phi) is 7.29. The molecular weight excluding hydrogens is 270 g/mol. The van der Waals surface area contributed by atoms with Crippen molar-refractivity contribution in [3.8, 4) is 5.75 Å². The Morgan fingerprint density at radius 2 is 1.95 bits per heavy atom. The first-order valence-electron chi connectivity index (χ1n) is 7.28. The summed E-state index contributed by atoms with van der Waals surface area (Å²) in [5, 5.41) is 11.4. The van der Waals surface area contributed by atoms with Crippen LogP contribution in [0.2, 0.25) is 0 Å². The molecule has 0 aliphatic carbocycles. The van der Waals surface area contributed by atoms with Gasteiger partial charge in [-0.3, -0.25) is 9.59 Å². The van der Waals surface area contributed by atoms with Crippen LogP contribution in [0.3, 0.4) is 0 Å². The number of hydrogen-bond donors (Lipinski definition) is 2. The van der Waals surface area contributed by atoms with Crippen molar-refractivity contribution in [2.45, 2.75) is 45.6 Å². The van der Waals surface area contributed by atoms with Gasteiger partial charge in [0, 0.05) is 18.0 Å². The van der Waals surface area contributed by atoms with Crippen molar-refractivity contribution in [3.63, 3.8) is 0 Å². The molecule has 0 aliphatic rings. The lowest BCUT2D eigenvalue weighted by atomic mass is 10.1. The maximum absolute atomic E-state index is 12.0. The molecule has 0 saturated carbocycles. The predicted molar refractivity (Wildman–Crippen MR) is 80.6 cm³/mol. The first-order valence-corrected chi connectivity index (χ1v) is 7.28. The predicted octanol–water partition coefficient (Wildman–Crippen LogP) is 2.85. The van der Waals surface area contributed by atoms with Gasteiger partial charge in [-0.25, -0.2) is 0 Å². The minimum Gasteiger partial charge on any atom is -0.494 e. The summed E-state index contributed by atoms with van der Waals surface area (Å²) in [4.78, 5) is 22.4. The first-order chi connectivity index (χ1) is 10.0. The second-order valence-corrected chi connectivity index (χ2v) is 5.03. The fourth-order valence-corrected chi connectivity index (χ4v) is 1.86. The van der Waals surface area contributed by atoms with Gasteiger partial charge < -0.3 is 15.2 Å². The second-order valence-electron chi connectivity index (χ2n) is 5.03. The van der Waals surface area contributed by atoms with E-state index >= 15 is 0 Å². The van der Waals surface area contributed by atoms with Crippen LogP contribution in [0.25, 0.3) is 0 Å². The van der Waals surface area contributed by atoms with Crippen molar-refractivity contribution >= 4 is 11.9 Å². The van der Waals surface area contributed by atoms with Gasteiger partial charge in [0.2, 0.25) is 0 Å². The van der Waals surface area contributed by atoms with Crippen LogP contribution in [0.4, 0.5) is 0 Å². The van der Waals surface area contributed by atoms with E-state index in [4.69, 9.17) is 9.84 Å². The average molecular weight is 293 g/mol. The molecule has 5 heteroatoms. The number of nitrogens with one attached hydrogen (secondary N) is 1. The van der Waals surface area contributed by atoms with Crippen molar-refractivity contribution in [3.05, 3.63) is 29.8 Å². The summed E-state index contributed by atoms with van der Waals surface area (Å²) < 4.78 is 5.46. The van der Waals surface area contributed by atoms with Crippen LogP contribution < -0.4 is 10.1 Å². The van der Waals surface area contributed by atoms with Gasteiger partial charge in [0.1, 0.15) is 5.75 Å². The minimum absolute atomic E-state index is 0.0483. The van der Waals surface area contributed by atoms with Crippen molar-refractivity contribution in [1.82, 2.24) is 5.32 Å². The van der Waals surface area contributed by atoms with E-state index in [0.29, 0.717) is 25.0 Å². The standard InChI is InChI=1S/C16H23NO4/c1-3-11-21-14-9-7-13(8-10-14)16(20)17-12(2)5-4-6-15(18)19/h7-10,12H,3-6,11H2,1-2H3,(H,17,20)(H,18,19). The number of carbonyl (C=O) groups excluding carboxylic acids is 1. The normalized spacial score (nSPS) is 11.7. The molecular formula is C16H23NO4. The van der Waals surface area contributed by atoms with Gasteiger partial charge in [-0.05, 0) is 50.5 Å². The highest BCUT2D eigenvalue weighted by Crippen LogP contribution is 2.13. The number of hydrogen-bond acceptors (Lipinski definition) is 3. The van der Waals surface area contributed by atoms with E-state index < -0.39 is 5.97 Å². The number of carbonyl (C=O) groups is 2. The highest BCUT2D eigenvalue weighted by atomic mass is 16.5. The number of ether oxygens (including phenoxy) is 1. The van der Waals surface area contributed by atoms with Crippen molar-refractivity contribution in [1.29, 1.82) is 0 Å². The maximum Gasteiger partial charge on any atom is 0.303 e. The molecule has 0 saturated heterocycles. The summed E-state index contributed by atoms with van der Waals surface area (Å²) in [6, 6.07) is 6.96. The molecule has 1 amide bonds. The molecule has 1 aromatic carbocycles. The summed E-state index contributed by atoms with van der Waals surface area (Å²) in [7, 11) is 0. The molecule has 0 aromatic heterocycles. The Hall–Kier alpha value is -2.04. The van der Waals surface area contributed by atoms with Crippen molar-refractivity contribution < 1.29 is 19.4 Å². The number of benzene rings is 1. The van der Waals surface area contributed by atoms with Crippen LogP contribution in [0.15, 0.2) is 24.3 Å². The molecule has 1 unspecified atom stereocenters. The summed E-state index contributed by atoms with van der Waals surface area (Å²) >= 11 is 0. The number of carboxylic acids is 1. The van der Waals surface area contributed by atoms with E-state index in [0.717, 1.165) is 12.2 Å². The van der Waals surface area contributed by atoms with Crippen LogP contribution in [-0.4, -0.2) is 29.6 Å². The molecule has 0 fully saturated rings. The molecule has 0 radical (unpaired) electrons. The summed E-state index contributed by atoms with van der Waals surface area (Å²) in [6.07, 6.45) is 2.27. The fraction of sp³-hybridized carbons (Fsp3) is 0.500. The zero-order valence-electron chi connectivity index (χ0n) is 12.6. The third kappa shape index (κ3) is 6.79. The second kappa shape index (κ2) is 9.00. The highest BCUT2D eigenvalue weighted by molar-refractivity contribution is 5.94. The molecule has 0 heterocycles. The molecule has 0 bridgehead atoms. The van der Waals surface area contributed by atoms with Crippen LogP contribution in [-0.2, 0) is 4.79 Å². The Morgan fingerprint density at radius 1 is 1.29 bits per heavy atom. The monoisotopic (exact) mass is 293 g/mol. The lowest BCUT2D eigenvalue weighted by Crippen LogP contribution is -2.32. The lowest BCUT2D eigenvalue weighted by Gasteiger charge is -2.13. The van der Waals surface area contributed by atoms with Gasteiger partial charge in [0.05, 0.1) is 6.61 Å². The molecule has 21 heavy (non-hydrogen) atoms. The van der Waals surface area contributed by atoms with Gasteiger partial charge in [0.25, 0.3) is 5.91 Å². The SMILES string of the molecule is CCCOc1ccc(C(=O)NC(C)CCCC(=O)O)cc1. The van der Waals surface area contributed by atoms with Crippen molar-refractivity contribution in [2.24, 2.45) is 0 Å². The Bertz CT molecular complexity index is 456. The average Bonchev–Trinajstić information content (AvgIpc) is 2.45. The third-order valence-corrected chi connectivity index (χ3v) is 2.99. The van der Waals surface area contributed by atoms with Gasteiger partial charge in [-0.15, -0.1) is 0 Å². The maximum atomic E-state index is 12.0. The van der Waals surface area contributed by atoms with Gasteiger partial charge in [-0.1, -0.05) is 6.92 Å². The van der Waals surface area contributed by atoms with E-state index in [1.807, 2.05) is 13.8 Å². The molecule has 5 nitrogen and oxygen atoms in total. The first kappa shape index (κ1) is 17.0. The van der Waals surface area contributed by atoms with Crippen LogP contribution >= 0.6 is 0 Å². The zero-order chi connectivity index (χ0) is 15.7. The van der Waals surface area contributed by atoms with Crippen LogP contribution in [0.5, 0.6) is 5.75 Å². The van der Waals surface area contributed by atoms with Crippen molar-refractivity contribution in [2.75, 3.05) is 6.61 Å². The van der Waals surface area contributed by atoms with Crippen LogP contribution in [0, 0.1) is 0 Å². The minimum atomic E-state index is -0.809. The topological polar surface area (TPSA) is 75.6 Å². The molecule has 1 aromatic rings. The molecule has 1 rings (SSSR count). The molecule has 2 N–H and O–H groups in total. The van der Waals surface area contributed by atoms with E-state index in [9.17, 15) is 9.59 Å². The summed E-state index contributed by atoms with van der Waals surface area (Å²) in [5.74, 6) is -0.209. The van der Waals surface area contributed by atoms with Gasteiger partial charge in [-0.2, -0.15) is 0 Å². The highest BCUT2D eigenvalue weighted by Gasteiger charge is 2.10. The quantitative estimate of drug-likeness (QED) is 0.734. The van der Waals surface area contributed by atoms with Gasteiger partial charge in [0.15, 0.2) is 0 Å². The number of amides is 1. The van der Waals surface area contributed by atoms with E-state index in [1.165, 1.54) is 0 Å². The van der Waals surface area contributed by atoms with Gasteiger partial charge >= 0.3 is 5.97 Å². The van der Waals surface area contributed by atoms with E-state index in [-0.39, 0.29) is 18.4 Å².